The molecule has 0 spiro atoms. The average Bonchev–Trinajstić information content (AvgIpc) is 2.34. The highest BCUT2D eigenvalue weighted by Gasteiger charge is 2.12. The first-order valence-corrected chi connectivity index (χ1v) is 6.41. The van der Waals surface area contributed by atoms with Crippen molar-refractivity contribution in [3.8, 4) is 11.5 Å². The smallest absolute Gasteiger partial charge is 0.339 e. The van der Waals surface area contributed by atoms with Gasteiger partial charge in [0.15, 0.2) is 0 Å². The van der Waals surface area contributed by atoms with E-state index in [1.54, 1.807) is 12.1 Å². The number of carboxylic acids is 1. The van der Waals surface area contributed by atoms with Crippen LogP contribution in [0.15, 0.2) is 42.5 Å². The van der Waals surface area contributed by atoms with Crippen molar-refractivity contribution in [2.24, 2.45) is 0 Å². The number of benzene rings is 2. The molecule has 0 atom stereocenters. The number of rotatable bonds is 3. The zero-order valence-electron chi connectivity index (χ0n) is 9.68. The summed E-state index contributed by atoms with van der Waals surface area (Å²) in [5, 5.41) is 9.13. The molecule has 0 fully saturated rings. The standard InChI is InChI=1S/C14H11IO3/c1-9-2-7-13(12(8-9)14(16)17)18-11-5-3-10(15)4-6-11/h2-8H,1H3,(H,16,17). The normalized spacial score (nSPS) is 10.1. The van der Waals surface area contributed by atoms with Crippen molar-refractivity contribution in [2.45, 2.75) is 6.92 Å². The van der Waals surface area contributed by atoms with Gasteiger partial charge in [0.05, 0.1) is 0 Å². The van der Waals surface area contributed by atoms with E-state index in [2.05, 4.69) is 22.6 Å². The molecule has 0 amide bonds. The summed E-state index contributed by atoms with van der Waals surface area (Å²) in [7, 11) is 0. The highest BCUT2D eigenvalue weighted by molar-refractivity contribution is 14.1. The molecule has 0 heterocycles. The number of halogens is 1. The maximum Gasteiger partial charge on any atom is 0.339 e. The van der Waals surface area contributed by atoms with Gasteiger partial charge in [0.1, 0.15) is 17.1 Å². The predicted molar refractivity (Wildman–Crippen MR) is 77.4 cm³/mol. The van der Waals surface area contributed by atoms with E-state index in [-0.39, 0.29) is 5.56 Å². The van der Waals surface area contributed by atoms with E-state index in [9.17, 15) is 4.79 Å². The number of ether oxygens (including phenoxy) is 1. The summed E-state index contributed by atoms with van der Waals surface area (Å²) in [6.45, 7) is 1.85. The Kier molecular flexibility index (Phi) is 3.86. The first kappa shape index (κ1) is 12.9. The molecule has 0 aliphatic heterocycles. The SMILES string of the molecule is Cc1ccc(Oc2ccc(I)cc2)c(C(=O)O)c1. The molecule has 92 valence electrons. The molecule has 0 saturated carbocycles. The van der Waals surface area contributed by atoms with Gasteiger partial charge in [-0.1, -0.05) is 11.6 Å². The highest BCUT2D eigenvalue weighted by atomic mass is 127. The molecule has 0 saturated heterocycles. The van der Waals surface area contributed by atoms with Crippen LogP contribution in [0.25, 0.3) is 0 Å². The van der Waals surface area contributed by atoms with Crippen molar-refractivity contribution < 1.29 is 14.6 Å². The lowest BCUT2D eigenvalue weighted by molar-refractivity contribution is 0.0694. The highest BCUT2D eigenvalue weighted by Crippen LogP contribution is 2.26. The number of aromatic carboxylic acids is 1. The van der Waals surface area contributed by atoms with Gasteiger partial charge in [0.2, 0.25) is 0 Å². The Morgan fingerprint density at radius 3 is 2.44 bits per heavy atom. The number of hydrogen-bond donors (Lipinski definition) is 1. The Labute approximate surface area is 119 Å². The van der Waals surface area contributed by atoms with Crippen molar-refractivity contribution in [2.75, 3.05) is 0 Å². The Balaban J connectivity index is 2.34. The molecule has 1 N–H and O–H groups in total. The first-order valence-electron chi connectivity index (χ1n) is 5.33. The van der Waals surface area contributed by atoms with Crippen LogP contribution in [0.2, 0.25) is 0 Å². The fraction of sp³-hybridized carbons (Fsp3) is 0.0714. The van der Waals surface area contributed by atoms with Crippen LogP contribution in [-0.2, 0) is 0 Å². The fourth-order valence-corrected chi connectivity index (χ4v) is 1.89. The van der Waals surface area contributed by atoms with Crippen LogP contribution in [0.4, 0.5) is 0 Å². The molecule has 0 aliphatic rings. The minimum atomic E-state index is -0.987. The maximum absolute atomic E-state index is 11.1. The van der Waals surface area contributed by atoms with E-state index in [1.165, 1.54) is 0 Å². The number of carbonyl (C=O) groups is 1. The van der Waals surface area contributed by atoms with Crippen LogP contribution >= 0.6 is 22.6 Å². The molecule has 2 aromatic rings. The van der Waals surface area contributed by atoms with Crippen LogP contribution in [0.3, 0.4) is 0 Å². The van der Waals surface area contributed by atoms with Crippen molar-refractivity contribution in [1.82, 2.24) is 0 Å². The second kappa shape index (κ2) is 5.39. The summed E-state index contributed by atoms with van der Waals surface area (Å²) in [6, 6.07) is 12.5. The lowest BCUT2D eigenvalue weighted by Crippen LogP contribution is -2.00. The van der Waals surface area contributed by atoms with Crippen LogP contribution in [0.1, 0.15) is 15.9 Å². The molecule has 0 aromatic heterocycles. The Morgan fingerprint density at radius 1 is 1.17 bits per heavy atom. The Morgan fingerprint density at radius 2 is 1.83 bits per heavy atom. The molecule has 0 aliphatic carbocycles. The van der Waals surface area contributed by atoms with Crippen LogP contribution in [0.5, 0.6) is 11.5 Å². The molecular formula is C14H11IO3. The maximum atomic E-state index is 11.1. The summed E-state index contributed by atoms with van der Waals surface area (Å²) in [4.78, 5) is 11.1. The zero-order valence-corrected chi connectivity index (χ0v) is 11.8. The summed E-state index contributed by atoms with van der Waals surface area (Å²) in [5.41, 5.74) is 1.07. The molecule has 0 unspecified atom stereocenters. The van der Waals surface area contributed by atoms with Gasteiger partial charge in [-0.2, -0.15) is 0 Å². The number of carboxylic acid groups (broad SMARTS) is 1. The molecule has 2 aromatic carbocycles. The van der Waals surface area contributed by atoms with E-state index < -0.39 is 5.97 Å². The van der Waals surface area contributed by atoms with E-state index in [1.807, 2.05) is 37.3 Å². The first-order chi connectivity index (χ1) is 8.56. The van der Waals surface area contributed by atoms with Gasteiger partial charge in [0, 0.05) is 3.57 Å². The van der Waals surface area contributed by atoms with Gasteiger partial charge >= 0.3 is 5.97 Å². The largest absolute Gasteiger partial charge is 0.478 e. The zero-order chi connectivity index (χ0) is 13.1. The monoisotopic (exact) mass is 354 g/mol. The topological polar surface area (TPSA) is 46.5 Å². The van der Waals surface area contributed by atoms with E-state index >= 15 is 0 Å². The summed E-state index contributed by atoms with van der Waals surface area (Å²) in [5.74, 6) is -0.00436. The quantitative estimate of drug-likeness (QED) is 0.845. The van der Waals surface area contributed by atoms with Crippen molar-refractivity contribution >= 4 is 28.6 Å². The van der Waals surface area contributed by atoms with Gasteiger partial charge in [0.25, 0.3) is 0 Å². The molecule has 18 heavy (non-hydrogen) atoms. The van der Waals surface area contributed by atoms with Gasteiger partial charge in [-0.05, 0) is 65.9 Å². The Hall–Kier alpha value is -1.56. The van der Waals surface area contributed by atoms with E-state index in [0.717, 1.165) is 9.13 Å². The fourth-order valence-electron chi connectivity index (χ4n) is 1.53. The number of hydrogen-bond acceptors (Lipinski definition) is 2. The molecule has 3 nitrogen and oxygen atoms in total. The van der Waals surface area contributed by atoms with Crippen molar-refractivity contribution in [3.63, 3.8) is 0 Å². The van der Waals surface area contributed by atoms with Crippen LogP contribution in [-0.4, -0.2) is 11.1 Å². The minimum Gasteiger partial charge on any atom is -0.478 e. The number of aryl methyl sites for hydroxylation is 1. The molecule has 4 heteroatoms. The third kappa shape index (κ3) is 3.01. The third-order valence-corrected chi connectivity index (χ3v) is 3.13. The van der Waals surface area contributed by atoms with E-state index in [0.29, 0.717) is 11.5 Å². The van der Waals surface area contributed by atoms with Gasteiger partial charge in [-0.25, -0.2) is 4.79 Å². The Bertz CT molecular complexity index is 576. The van der Waals surface area contributed by atoms with Gasteiger partial charge in [-0.3, -0.25) is 0 Å². The molecule has 0 radical (unpaired) electrons. The summed E-state index contributed by atoms with van der Waals surface area (Å²) >= 11 is 2.20. The summed E-state index contributed by atoms with van der Waals surface area (Å²) < 4.78 is 6.70. The van der Waals surface area contributed by atoms with E-state index in [4.69, 9.17) is 9.84 Å². The third-order valence-electron chi connectivity index (χ3n) is 2.41. The van der Waals surface area contributed by atoms with Gasteiger partial charge < -0.3 is 9.84 Å². The molecule has 0 bridgehead atoms. The predicted octanol–water partition coefficient (Wildman–Crippen LogP) is 4.09. The molecular weight excluding hydrogens is 343 g/mol. The van der Waals surface area contributed by atoms with Gasteiger partial charge in [-0.15, -0.1) is 0 Å². The summed E-state index contributed by atoms with van der Waals surface area (Å²) in [6.07, 6.45) is 0. The van der Waals surface area contributed by atoms with Crippen molar-refractivity contribution in [1.29, 1.82) is 0 Å². The lowest BCUT2D eigenvalue weighted by Gasteiger charge is -2.09. The second-order valence-corrected chi connectivity index (χ2v) is 5.11. The lowest BCUT2D eigenvalue weighted by atomic mass is 10.1. The van der Waals surface area contributed by atoms with Crippen LogP contribution < -0.4 is 4.74 Å². The molecule has 2 rings (SSSR count). The van der Waals surface area contributed by atoms with Crippen LogP contribution in [0, 0.1) is 10.5 Å². The van der Waals surface area contributed by atoms with Crippen molar-refractivity contribution in [3.05, 3.63) is 57.2 Å². The minimum absolute atomic E-state index is 0.175. The average molecular weight is 354 g/mol. The second-order valence-electron chi connectivity index (χ2n) is 3.86.